The number of aromatic amines is 1. The zero-order valence-corrected chi connectivity index (χ0v) is 19.3. The van der Waals surface area contributed by atoms with Gasteiger partial charge >= 0.3 is 6.01 Å². The maximum absolute atomic E-state index is 14.5. The molecule has 4 N–H and O–H groups in total. The van der Waals surface area contributed by atoms with Gasteiger partial charge in [-0.1, -0.05) is 0 Å². The van der Waals surface area contributed by atoms with Crippen LogP contribution in [0.4, 0.5) is 15.9 Å². The molecule has 178 valence electrons. The van der Waals surface area contributed by atoms with Gasteiger partial charge in [-0.05, 0) is 30.4 Å². The first-order valence-electron chi connectivity index (χ1n) is 11.6. The van der Waals surface area contributed by atoms with Gasteiger partial charge in [-0.3, -0.25) is 0 Å². The van der Waals surface area contributed by atoms with E-state index in [1.807, 2.05) is 17.7 Å². The number of nitrogens with one attached hydrogen (secondary N) is 2. The number of benzene rings is 1. The third kappa shape index (κ3) is 3.04. The summed E-state index contributed by atoms with van der Waals surface area (Å²) in [7, 11) is 3.65. The molecule has 10 nitrogen and oxygen atoms in total. The van der Waals surface area contributed by atoms with Gasteiger partial charge in [0.05, 0.1) is 29.1 Å². The predicted molar refractivity (Wildman–Crippen MR) is 131 cm³/mol. The van der Waals surface area contributed by atoms with Crippen molar-refractivity contribution in [1.82, 2.24) is 29.5 Å². The Hall–Kier alpha value is -3.99. The smallest absolute Gasteiger partial charge is 0.326 e. The molecule has 35 heavy (non-hydrogen) atoms. The van der Waals surface area contributed by atoms with Crippen molar-refractivity contribution in [3.63, 3.8) is 0 Å². The first-order valence-corrected chi connectivity index (χ1v) is 11.6. The number of hydrogen-bond donors (Lipinski definition) is 3. The van der Waals surface area contributed by atoms with Crippen molar-refractivity contribution in [3.05, 3.63) is 36.5 Å². The number of fused-ring (bicyclic) bond motifs is 5. The zero-order chi connectivity index (χ0) is 23.8. The third-order valence-electron chi connectivity index (χ3n) is 7.41. The van der Waals surface area contributed by atoms with Crippen LogP contribution in [-0.2, 0) is 7.05 Å². The maximum atomic E-state index is 14.5. The fraction of sp³-hybridized carbons (Fsp3) is 0.333. The summed E-state index contributed by atoms with van der Waals surface area (Å²) in [6.45, 7) is 1.66. The molecule has 5 aromatic rings. The second-order valence-corrected chi connectivity index (χ2v) is 9.50. The van der Waals surface area contributed by atoms with Crippen LogP contribution in [0.3, 0.4) is 0 Å². The van der Waals surface area contributed by atoms with Crippen LogP contribution in [0.25, 0.3) is 33.1 Å². The van der Waals surface area contributed by atoms with E-state index >= 15 is 0 Å². The Morgan fingerprint density at radius 3 is 2.89 bits per heavy atom. The maximum Gasteiger partial charge on any atom is 0.326 e. The van der Waals surface area contributed by atoms with Crippen molar-refractivity contribution in [1.29, 1.82) is 0 Å². The Morgan fingerprint density at radius 2 is 2.09 bits per heavy atom. The lowest BCUT2D eigenvalue weighted by atomic mass is 9.72. The standard InChI is InChI=1S/C24H24FN9O/c1-27-17-5-12(25)4-14-19-21(30-20(14)17)31-24(32-23(19)34-8-11-3-16(26)15(11)9-34)35-13-6-18-22(28-7-13)33(2)10-29-18/h4-7,10-11,15-16,27H,3,8-9,26H2,1-2H3,(H,30,31,32). The summed E-state index contributed by atoms with van der Waals surface area (Å²) in [5, 5.41) is 4.57. The van der Waals surface area contributed by atoms with Gasteiger partial charge in [0, 0.05) is 44.7 Å². The molecule has 1 aliphatic carbocycles. The molecule has 1 aliphatic heterocycles. The molecular formula is C24H24FN9O. The summed E-state index contributed by atoms with van der Waals surface area (Å²) >= 11 is 0. The van der Waals surface area contributed by atoms with E-state index in [0.29, 0.717) is 28.9 Å². The van der Waals surface area contributed by atoms with E-state index in [2.05, 4.69) is 30.2 Å². The Morgan fingerprint density at radius 1 is 1.20 bits per heavy atom. The van der Waals surface area contributed by atoms with Crippen LogP contribution in [0.5, 0.6) is 11.8 Å². The van der Waals surface area contributed by atoms with Crippen LogP contribution in [0.1, 0.15) is 6.42 Å². The van der Waals surface area contributed by atoms with Gasteiger partial charge in [-0.2, -0.15) is 9.97 Å². The van der Waals surface area contributed by atoms with Gasteiger partial charge in [0.1, 0.15) is 22.8 Å². The summed E-state index contributed by atoms with van der Waals surface area (Å²) in [6.07, 6.45) is 4.35. The lowest BCUT2D eigenvalue weighted by molar-refractivity contribution is 0.194. The fourth-order valence-corrected chi connectivity index (χ4v) is 5.59. The lowest BCUT2D eigenvalue weighted by Gasteiger charge is -2.36. The minimum absolute atomic E-state index is 0.186. The first-order chi connectivity index (χ1) is 17.0. The second kappa shape index (κ2) is 7.25. The highest BCUT2D eigenvalue weighted by atomic mass is 19.1. The van der Waals surface area contributed by atoms with E-state index in [-0.39, 0.29) is 17.9 Å². The largest absolute Gasteiger partial charge is 0.422 e. The van der Waals surface area contributed by atoms with Gasteiger partial charge in [0.15, 0.2) is 11.4 Å². The summed E-state index contributed by atoms with van der Waals surface area (Å²) in [6, 6.07) is 5.20. The molecule has 3 atom stereocenters. The van der Waals surface area contributed by atoms with E-state index in [0.717, 1.165) is 52.8 Å². The summed E-state index contributed by atoms with van der Waals surface area (Å²) < 4.78 is 22.4. The van der Waals surface area contributed by atoms with Crippen molar-refractivity contribution in [2.24, 2.45) is 24.6 Å². The van der Waals surface area contributed by atoms with Gasteiger partial charge in [0.2, 0.25) is 0 Å². The van der Waals surface area contributed by atoms with Crippen molar-refractivity contribution in [2.45, 2.75) is 12.5 Å². The normalized spacial score (nSPS) is 21.6. The molecule has 1 aromatic carbocycles. The number of anilines is 2. The lowest BCUT2D eigenvalue weighted by Crippen LogP contribution is -2.46. The minimum atomic E-state index is -0.327. The molecule has 7 rings (SSSR count). The SMILES string of the molecule is CNc1cc(F)cc2c1[nH]c1nc(Oc3cnc4c(c3)ncn4C)nc(N3CC4CC(N)C4C3)c12. The molecule has 1 saturated carbocycles. The number of halogens is 1. The number of H-pyrrole nitrogens is 1. The highest BCUT2D eigenvalue weighted by molar-refractivity contribution is 6.14. The van der Waals surface area contributed by atoms with Gasteiger partial charge in [-0.15, -0.1) is 0 Å². The molecule has 0 amide bonds. The minimum Gasteiger partial charge on any atom is -0.422 e. The third-order valence-corrected chi connectivity index (χ3v) is 7.41. The van der Waals surface area contributed by atoms with E-state index in [4.69, 9.17) is 15.5 Å². The molecule has 4 aromatic heterocycles. The number of aryl methyl sites for hydroxylation is 1. The molecule has 0 spiro atoms. The zero-order valence-electron chi connectivity index (χ0n) is 19.3. The molecule has 0 radical (unpaired) electrons. The number of hydrogen-bond acceptors (Lipinski definition) is 8. The Bertz CT molecular complexity index is 1630. The average molecular weight is 474 g/mol. The van der Waals surface area contributed by atoms with Crippen LogP contribution in [0, 0.1) is 17.7 Å². The van der Waals surface area contributed by atoms with Crippen molar-refractivity contribution in [2.75, 3.05) is 30.4 Å². The molecule has 1 saturated heterocycles. The Labute approximate surface area is 199 Å². The monoisotopic (exact) mass is 473 g/mol. The van der Waals surface area contributed by atoms with Crippen LogP contribution in [0.2, 0.25) is 0 Å². The number of pyridine rings is 1. The highest BCUT2D eigenvalue weighted by Crippen LogP contribution is 2.44. The highest BCUT2D eigenvalue weighted by Gasteiger charge is 2.46. The number of ether oxygens (including phenoxy) is 1. The average Bonchev–Trinajstić information content (AvgIpc) is 3.51. The van der Waals surface area contributed by atoms with Crippen LogP contribution in [0.15, 0.2) is 30.7 Å². The first kappa shape index (κ1) is 20.4. The fourth-order valence-electron chi connectivity index (χ4n) is 5.59. The molecule has 11 heteroatoms. The number of aromatic nitrogens is 6. The van der Waals surface area contributed by atoms with Crippen molar-refractivity contribution < 1.29 is 9.13 Å². The van der Waals surface area contributed by atoms with Crippen LogP contribution in [-0.4, -0.2) is 55.7 Å². The Balaban J connectivity index is 1.39. The predicted octanol–water partition coefficient (Wildman–Crippen LogP) is 3.15. The summed E-state index contributed by atoms with van der Waals surface area (Å²) in [4.78, 5) is 23.9. The van der Waals surface area contributed by atoms with Crippen LogP contribution < -0.4 is 20.7 Å². The molecule has 0 bridgehead atoms. The van der Waals surface area contributed by atoms with Gasteiger partial charge < -0.3 is 30.2 Å². The summed E-state index contributed by atoms with van der Waals surface area (Å²) in [5.74, 6) is 1.87. The van der Waals surface area contributed by atoms with E-state index in [9.17, 15) is 4.39 Å². The van der Waals surface area contributed by atoms with Gasteiger partial charge in [0.25, 0.3) is 0 Å². The molecular weight excluding hydrogens is 449 g/mol. The number of imidazole rings is 1. The molecule has 2 fully saturated rings. The molecule has 2 aliphatic rings. The molecule has 5 heterocycles. The topological polar surface area (TPSA) is 123 Å². The number of rotatable bonds is 4. The Kier molecular flexibility index (Phi) is 4.23. The summed E-state index contributed by atoms with van der Waals surface area (Å²) in [5.41, 5.74) is 9.74. The van der Waals surface area contributed by atoms with Crippen molar-refractivity contribution in [3.8, 4) is 11.8 Å². The second-order valence-electron chi connectivity index (χ2n) is 9.50. The van der Waals surface area contributed by atoms with E-state index < -0.39 is 0 Å². The number of nitrogens with zero attached hydrogens (tertiary/aromatic N) is 6. The van der Waals surface area contributed by atoms with E-state index in [1.165, 1.54) is 12.1 Å². The molecule has 3 unspecified atom stereocenters. The number of nitrogens with two attached hydrogens (primary N) is 1. The van der Waals surface area contributed by atoms with E-state index in [1.54, 1.807) is 19.6 Å². The quantitative estimate of drug-likeness (QED) is 0.364. The van der Waals surface area contributed by atoms with Crippen molar-refractivity contribution >= 4 is 44.6 Å². The van der Waals surface area contributed by atoms with Gasteiger partial charge in [-0.25, -0.2) is 14.4 Å². The van der Waals surface area contributed by atoms with Crippen LogP contribution >= 0.6 is 0 Å².